The molecule has 9 heteroatoms. The minimum absolute atomic E-state index is 0.0528. The van der Waals surface area contributed by atoms with E-state index in [4.69, 9.17) is 11.6 Å². The molecule has 0 fully saturated rings. The summed E-state index contributed by atoms with van der Waals surface area (Å²) in [6.45, 7) is 2.92. The first-order valence-electron chi connectivity index (χ1n) is 5.35. The molecule has 0 saturated carbocycles. The Balaban J connectivity index is 3.13. The Morgan fingerprint density at radius 1 is 1.42 bits per heavy atom. The summed E-state index contributed by atoms with van der Waals surface area (Å²) in [7, 11) is -2.68. The molecule has 0 aliphatic carbocycles. The van der Waals surface area contributed by atoms with Crippen molar-refractivity contribution in [3.63, 3.8) is 0 Å². The van der Waals surface area contributed by atoms with E-state index in [1.807, 2.05) is 0 Å². The number of rotatable bonds is 5. The molecule has 0 aliphatic heterocycles. The fourth-order valence-electron chi connectivity index (χ4n) is 1.31. The van der Waals surface area contributed by atoms with Gasteiger partial charge < -0.3 is 4.74 Å². The van der Waals surface area contributed by atoms with Gasteiger partial charge in [0.15, 0.2) is 0 Å². The van der Waals surface area contributed by atoms with Crippen molar-refractivity contribution in [3.8, 4) is 0 Å². The van der Waals surface area contributed by atoms with E-state index in [0.29, 0.717) is 0 Å². The molecule has 0 bridgehead atoms. The predicted octanol–water partition coefficient (Wildman–Crippen LogP) is 0.702. The van der Waals surface area contributed by atoms with Gasteiger partial charge in [-0.25, -0.2) is 18.4 Å². The van der Waals surface area contributed by atoms with Crippen molar-refractivity contribution < 1.29 is 17.9 Å². The van der Waals surface area contributed by atoms with Gasteiger partial charge in [-0.15, -0.1) is 0 Å². The van der Waals surface area contributed by atoms with Crippen LogP contribution < -0.4 is 0 Å². The summed E-state index contributed by atoms with van der Waals surface area (Å²) in [6.07, 6.45) is 2.19. The van der Waals surface area contributed by atoms with E-state index in [9.17, 15) is 13.2 Å². The molecule has 0 atom stereocenters. The fraction of sp³-hybridized carbons (Fsp3) is 0.500. The molecule has 1 rings (SSSR count). The number of nitrogens with zero attached hydrogens (tertiary/aromatic N) is 3. The lowest BCUT2D eigenvalue weighted by atomic mass is 10.4. The van der Waals surface area contributed by atoms with Crippen LogP contribution in [-0.4, -0.2) is 48.4 Å². The summed E-state index contributed by atoms with van der Waals surface area (Å²) in [4.78, 5) is 18.4. The number of esters is 1. The second-order valence-electron chi connectivity index (χ2n) is 3.91. The maximum atomic E-state index is 12.3. The topological polar surface area (TPSA) is 89.5 Å². The molecular weight excluding hydrogens is 294 g/mol. The zero-order valence-electron chi connectivity index (χ0n) is 10.7. The van der Waals surface area contributed by atoms with E-state index in [0.717, 1.165) is 16.7 Å². The molecule has 0 aliphatic rings. The van der Waals surface area contributed by atoms with Crippen molar-refractivity contribution >= 4 is 27.6 Å². The molecule has 1 aromatic rings. The second kappa shape index (κ2) is 6.27. The summed E-state index contributed by atoms with van der Waals surface area (Å²) in [6, 6.07) is -0.417. The van der Waals surface area contributed by atoms with Gasteiger partial charge >= 0.3 is 5.97 Å². The molecule has 19 heavy (non-hydrogen) atoms. The van der Waals surface area contributed by atoms with Gasteiger partial charge in [-0.1, -0.05) is 0 Å². The Bertz CT molecular complexity index is 544. The lowest BCUT2D eigenvalue weighted by Crippen LogP contribution is -2.41. The van der Waals surface area contributed by atoms with E-state index in [2.05, 4.69) is 14.7 Å². The number of methoxy groups -OCH3 is 1. The summed E-state index contributed by atoms with van der Waals surface area (Å²) < 4.78 is 30.2. The van der Waals surface area contributed by atoms with E-state index >= 15 is 0 Å². The molecule has 0 aromatic carbocycles. The third kappa shape index (κ3) is 3.85. The lowest BCUT2D eigenvalue weighted by Gasteiger charge is -2.24. The first kappa shape index (κ1) is 15.8. The highest BCUT2D eigenvalue weighted by Crippen LogP contribution is 2.17. The van der Waals surface area contributed by atoms with Crippen LogP contribution >= 0.6 is 11.6 Å². The second-order valence-corrected chi connectivity index (χ2v) is 6.14. The van der Waals surface area contributed by atoms with Gasteiger partial charge in [-0.2, -0.15) is 4.31 Å². The van der Waals surface area contributed by atoms with Crippen LogP contribution in [0.3, 0.4) is 0 Å². The van der Waals surface area contributed by atoms with Crippen molar-refractivity contribution in [3.05, 3.63) is 17.7 Å². The van der Waals surface area contributed by atoms with Crippen molar-refractivity contribution in [1.82, 2.24) is 14.3 Å². The number of ether oxygens (including phenoxy) is 1. The smallest absolute Gasteiger partial charge is 0.321 e. The van der Waals surface area contributed by atoms with Gasteiger partial charge in [0.1, 0.15) is 11.4 Å². The third-order valence-corrected chi connectivity index (χ3v) is 4.46. The number of hydrogen-bond acceptors (Lipinski definition) is 6. The van der Waals surface area contributed by atoms with E-state index in [-0.39, 0.29) is 16.7 Å². The van der Waals surface area contributed by atoms with E-state index in [1.165, 1.54) is 7.11 Å². The summed E-state index contributed by atoms with van der Waals surface area (Å²) in [5, 5.41) is -0.0528. The highest BCUT2D eigenvalue weighted by Gasteiger charge is 2.29. The number of sulfonamides is 1. The van der Waals surface area contributed by atoms with Crippen LogP contribution in [0.4, 0.5) is 0 Å². The zero-order chi connectivity index (χ0) is 14.6. The maximum absolute atomic E-state index is 12.3. The van der Waals surface area contributed by atoms with Gasteiger partial charge in [-0.05, 0) is 25.4 Å². The Morgan fingerprint density at radius 3 is 2.37 bits per heavy atom. The summed E-state index contributed by atoms with van der Waals surface area (Å²) in [5.74, 6) is -0.646. The van der Waals surface area contributed by atoms with E-state index < -0.39 is 22.0 Å². The molecule has 0 N–H and O–H groups in total. The molecule has 0 spiro atoms. The fourth-order valence-corrected chi connectivity index (χ4v) is 2.88. The molecular formula is C10H14ClN3O4S. The minimum atomic E-state index is -3.87. The summed E-state index contributed by atoms with van der Waals surface area (Å²) >= 11 is 5.51. The molecule has 7 nitrogen and oxygen atoms in total. The molecule has 1 heterocycles. The number of carbonyl (C=O) groups is 1. The number of hydrogen-bond donors (Lipinski definition) is 0. The van der Waals surface area contributed by atoms with Crippen molar-refractivity contribution in [2.24, 2.45) is 0 Å². The Labute approximate surface area is 116 Å². The van der Waals surface area contributed by atoms with Gasteiger partial charge in [0.05, 0.1) is 19.5 Å². The minimum Gasteiger partial charge on any atom is -0.468 e. The first-order valence-corrected chi connectivity index (χ1v) is 7.17. The Morgan fingerprint density at radius 2 is 1.95 bits per heavy atom. The Hall–Kier alpha value is -1.25. The van der Waals surface area contributed by atoms with Gasteiger partial charge in [0.2, 0.25) is 15.3 Å². The van der Waals surface area contributed by atoms with Crippen molar-refractivity contribution in [2.75, 3.05) is 13.7 Å². The normalized spacial score (nSPS) is 11.9. The number of aromatic nitrogens is 2. The SMILES string of the molecule is COC(=O)CN(C(C)C)S(=O)(=O)c1cnc(Cl)nc1. The van der Waals surface area contributed by atoms with Crippen LogP contribution in [0, 0.1) is 0 Å². The maximum Gasteiger partial charge on any atom is 0.321 e. The highest BCUT2D eigenvalue weighted by atomic mass is 35.5. The van der Waals surface area contributed by atoms with Crippen LogP contribution in [0.1, 0.15) is 13.8 Å². The van der Waals surface area contributed by atoms with E-state index in [1.54, 1.807) is 13.8 Å². The van der Waals surface area contributed by atoms with Gasteiger partial charge in [0, 0.05) is 6.04 Å². The number of carbonyl (C=O) groups excluding carboxylic acids is 1. The summed E-state index contributed by atoms with van der Waals surface area (Å²) in [5.41, 5.74) is 0. The highest BCUT2D eigenvalue weighted by molar-refractivity contribution is 7.89. The quantitative estimate of drug-likeness (QED) is 0.587. The average molecular weight is 308 g/mol. The van der Waals surface area contributed by atoms with Gasteiger partial charge in [-0.3, -0.25) is 4.79 Å². The molecule has 1 aromatic heterocycles. The van der Waals surface area contributed by atoms with Crippen molar-refractivity contribution in [2.45, 2.75) is 24.8 Å². The van der Waals surface area contributed by atoms with Gasteiger partial charge in [0.25, 0.3) is 0 Å². The monoisotopic (exact) mass is 307 g/mol. The van der Waals surface area contributed by atoms with Crippen LogP contribution in [-0.2, 0) is 19.6 Å². The first-order chi connectivity index (χ1) is 8.78. The molecule has 0 amide bonds. The third-order valence-electron chi connectivity index (χ3n) is 2.29. The van der Waals surface area contributed by atoms with Crippen molar-refractivity contribution in [1.29, 1.82) is 0 Å². The average Bonchev–Trinajstić information content (AvgIpc) is 2.35. The van der Waals surface area contributed by atoms with Crippen LogP contribution in [0.15, 0.2) is 17.3 Å². The van der Waals surface area contributed by atoms with Crippen LogP contribution in [0.25, 0.3) is 0 Å². The largest absolute Gasteiger partial charge is 0.468 e. The standard InChI is InChI=1S/C10H14ClN3O4S/c1-7(2)14(6-9(15)18-3)19(16,17)8-4-12-10(11)13-5-8/h4-5,7H,6H2,1-3H3. The molecule has 0 radical (unpaired) electrons. The molecule has 0 saturated heterocycles. The molecule has 106 valence electrons. The lowest BCUT2D eigenvalue weighted by molar-refractivity contribution is -0.141. The number of halogens is 1. The van der Waals surface area contributed by atoms with Crippen LogP contribution in [0.5, 0.6) is 0 Å². The van der Waals surface area contributed by atoms with Crippen LogP contribution in [0.2, 0.25) is 5.28 Å². The predicted molar refractivity (Wildman–Crippen MR) is 68.1 cm³/mol. The molecule has 0 unspecified atom stereocenters. The Kier molecular flexibility index (Phi) is 5.21. The zero-order valence-corrected chi connectivity index (χ0v) is 12.3.